The fraction of sp³-hybridized carbons (Fsp3) is 0.133. The van der Waals surface area contributed by atoms with Gasteiger partial charge in [-0.2, -0.15) is 8.78 Å². The molecule has 1 aromatic heterocycles. The summed E-state index contributed by atoms with van der Waals surface area (Å²) in [6.45, 7) is 0. The molecule has 7 heteroatoms. The van der Waals surface area contributed by atoms with E-state index < -0.39 is 11.9 Å². The molecular weight excluding hydrogens is 292 g/mol. The van der Waals surface area contributed by atoms with Gasteiger partial charge in [-0.15, -0.1) is 10.2 Å². The lowest BCUT2D eigenvalue weighted by Crippen LogP contribution is -2.09. The van der Waals surface area contributed by atoms with E-state index in [4.69, 9.17) is 9.15 Å². The molecule has 1 heterocycles. The molecule has 0 radical (unpaired) electrons. The smallest absolute Gasteiger partial charge is 0.436 e. The van der Waals surface area contributed by atoms with Gasteiger partial charge in [-0.3, -0.25) is 0 Å². The van der Waals surface area contributed by atoms with E-state index in [1.807, 2.05) is 0 Å². The summed E-state index contributed by atoms with van der Waals surface area (Å²) < 4.78 is 38.0. The van der Waals surface area contributed by atoms with E-state index in [-0.39, 0.29) is 11.3 Å². The minimum absolute atomic E-state index is 0.275. The van der Waals surface area contributed by atoms with Gasteiger partial charge in [0.15, 0.2) is 5.58 Å². The van der Waals surface area contributed by atoms with Crippen LogP contribution >= 0.6 is 0 Å². The third-order valence-corrected chi connectivity index (χ3v) is 2.91. The number of methoxy groups -OCH3 is 1. The number of azo groups is 1. The second-order valence-corrected chi connectivity index (χ2v) is 4.43. The Kier molecular flexibility index (Phi) is 3.54. The number of nitrogens with zero attached hydrogens (tertiary/aromatic N) is 3. The van der Waals surface area contributed by atoms with Crippen LogP contribution in [0, 0.1) is 0 Å². The first-order valence-electron chi connectivity index (χ1n) is 6.39. The van der Waals surface area contributed by atoms with Gasteiger partial charge in [-0.1, -0.05) is 12.1 Å². The lowest BCUT2D eigenvalue weighted by atomic mass is 10.3. The fourth-order valence-electron chi connectivity index (χ4n) is 1.81. The number of rotatable bonds is 4. The molecule has 0 aliphatic heterocycles. The first kappa shape index (κ1) is 14.1. The van der Waals surface area contributed by atoms with Crippen LogP contribution in [0.1, 0.15) is 5.89 Å². The zero-order valence-electron chi connectivity index (χ0n) is 11.5. The van der Waals surface area contributed by atoms with Gasteiger partial charge in [0.05, 0.1) is 12.8 Å². The van der Waals surface area contributed by atoms with Crippen LogP contribution in [0.3, 0.4) is 0 Å². The number of para-hydroxylation sites is 2. The van der Waals surface area contributed by atoms with Crippen LogP contribution in [0.4, 0.5) is 14.5 Å². The number of alkyl halides is 2. The molecule has 0 aliphatic rings. The number of hydrogen-bond acceptors (Lipinski definition) is 5. The number of oxazole rings is 1. The molecule has 0 saturated heterocycles. The van der Waals surface area contributed by atoms with Crippen molar-refractivity contribution in [1.29, 1.82) is 0 Å². The lowest BCUT2D eigenvalue weighted by Gasteiger charge is -2.04. The fourth-order valence-corrected chi connectivity index (χ4v) is 1.81. The van der Waals surface area contributed by atoms with Gasteiger partial charge in [-0.05, 0) is 36.4 Å². The van der Waals surface area contributed by atoms with Gasteiger partial charge in [0.25, 0.3) is 5.89 Å². The summed E-state index contributed by atoms with van der Waals surface area (Å²) in [5, 5.41) is 6.56. The van der Waals surface area contributed by atoms with E-state index in [2.05, 4.69) is 15.2 Å². The van der Waals surface area contributed by atoms with Crippen LogP contribution in [-0.2, 0) is 6.05 Å². The van der Waals surface area contributed by atoms with Crippen molar-refractivity contribution >= 4 is 16.8 Å². The van der Waals surface area contributed by atoms with Crippen molar-refractivity contribution in [3.8, 4) is 5.75 Å². The first-order valence-corrected chi connectivity index (χ1v) is 6.39. The second-order valence-electron chi connectivity index (χ2n) is 4.43. The van der Waals surface area contributed by atoms with Crippen LogP contribution in [0.25, 0.3) is 11.1 Å². The molecule has 5 nitrogen and oxygen atoms in total. The first-order chi connectivity index (χ1) is 10.6. The standard InChI is InChI=1S/C15H11F2N3O2/c1-21-11-8-6-10(7-9-11)19-20-15(16,17)14-18-12-4-2-3-5-13(12)22-14/h2-9H,1H3. The maximum atomic E-state index is 14.0. The van der Waals surface area contributed by atoms with Crippen molar-refractivity contribution in [2.24, 2.45) is 10.2 Å². The maximum absolute atomic E-state index is 14.0. The molecular formula is C15H11F2N3O2. The zero-order chi connectivity index (χ0) is 15.6. The largest absolute Gasteiger partial charge is 0.497 e. The topological polar surface area (TPSA) is 60.0 Å². The van der Waals surface area contributed by atoms with Crippen molar-refractivity contribution in [3.63, 3.8) is 0 Å². The molecule has 0 N–H and O–H groups in total. The molecule has 0 spiro atoms. The van der Waals surface area contributed by atoms with Crippen LogP contribution in [0.5, 0.6) is 5.75 Å². The van der Waals surface area contributed by atoms with Gasteiger partial charge < -0.3 is 9.15 Å². The average Bonchev–Trinajstić information content (AvgIpc) is 2.98. The zero-order valence-corrected chi connectivity index (χ0v) is 11.5. The summed E-state index contributed by atoms with van der Waals surface area (Å²) in [7, 11) is 1.51. The van der Waals surface area contributed by atoms with Crippen molar-refractivity contribution in [3.05, 3.63) is 54.4 Å². The Morgan fingerprint density at radius 3 is 2.50 bits per heavy atom. The second kappa shape index (κ2) is 5.51. The molecule has 0 amide bonds. The summed E-state index contributed by atoms with van der Waals surface area (Å²) in [6.07, 6.45) is 0. The Hall–Kier alpha value is -2.83. The molecule has 22 heavy (non-hydrogen) atoms. The highest BCUT2D eigenvalue weighted by Gasteiger charge is 2.38. The number of fused-ring (bicyclic) bond motifs is 1. The number of halogens is 2. The predicted molar refractivity (Wildman–Crippen MR) is 75.4 cm³/mol. The molecule has 3 aromatic rings. The van der Waals surface area contributed by atoms with E-state index >= 15 is 0 Å². The summed E-state index contributed by atoms with van der Waals surface area (Å²) in [6, 6.07) is 9.10. The molecule has 2 aromatic carbocycles. The molecule has 0 saturated carbocycles. The Balaban J connectivity index is 1.86. The lowest BCUT2D eigenvalue weighted by molar-refractivity contribution is -0.0271. The molecule has 112 valence electrons. The minimum atomic E-state index is -3.64. The molecule has 0 aliphatic carbocycles. The van der Waals surface area contributed by atoms with Gasteiger partial charge in [0.2, 0.25) is 0 Å². The van der Waals surface area contributed by atoms with Crippen LogP contribution in [-0.4, -0.2) is 12.1 Å². The van der Waals surface area contributed by atoms with E-state index in [1.165, 1.54) is 19.2 Å². The Labute approximate surface area is 124 Å². The molecule has 0 unspecified atom stereocenters. The summed E-state index contributed by atoms with van der Waals surface area (Å²) >= 11 is 0. The Morgan fingerprint density at radius 2 is 1.82 bits per heavy atom. The SMILES string of the molecule is COc1ccc(N=NC(F)(F)c2nc3ccccc3o2)cc1. The van der Waals surface area contributed by atoms with Crippen LogP contribution in [0.2, 0.25) is 0 Å². The number of ether oxygens (including phenoxy) is 1. The summed E-state index contributed by atoms with van der Waals surface area (Å²) in [4.78, 5) is 3.73. The van der Waals surface area contributed by atoms with Gasteiger partial charge >= 0.3 is 6.05 Å². The van der Waals surface area contributed by atoms with Crippen molar-refractivity contribution in [2.75, 3.05) is 7.11 Å². The highest BCUT2D eigenvalue weighted by atomic mass is 19.3. The minimum Gasteiger partial charge on any atom is -0.497 e. The van der Waals surface area contributed by atoms with Crippen molar-refractivity contribution in [2.45, 2.75) is 6.05 Å². The highest BCUT2D eigenvalue weighted by Crippen LogP contribution is 2.33. The quantitative estimate of drug-likeness (QED) is 0.520. The maximum Gasteiger partial charge on any atom is 0.436 e. The van der Waals surface area contributed by atoms with E-state index in [0.717, 1.165) is 0 Å². The van der Waals surface area contributed by atoms with Gasteiger partial charge in [-0.25, -0.2) is 4.98 Å². The molecule has 0 fully saturated rings. The third kappa shape index (κ3) is 2.78. The van der Waals surface area contributed by atoms with Crippen LogP contribution in [0.15, 0.2) is 63.2 Å². The number of aromatic nitrogens is 1. The molecule has 0 atom stereocenters. The number of hydrogen-bond donors (Lipinski definition) is 0. The number of benzene rings is 2. The summed E-state index contributed by atoms with van der Waals surface area (Å²) in [5.74, 6) is -0.185. The summed E-state index contributed by atoms with van der Waals surface area (Å²) in [5.41, 5.74) is 0.894. The van der Waals surface area contributed by atoms with Crippen molar-refractivity contribution < 1.29 is 17.9 Å². The van der Waals surface area contributed by atoms with E-state index in [9.17, 15) is 8.78 Å². The molecule has 0 bridgehead atoms. The van der Waals surface area contributed by atoms with Crippen LogP contribution < -0.4 is 4.74 Å². The normalized spacial score (nSPS) is 12.1. The average molecular weight is 303 g/mol. The van der Waals surface area contributed by atoms with Crippen molar-refractivity contribution in [1.82, 2.24) is 4.98 Å². The van der Waals surface area contributed by atoms with Gasteiger partial charge in [0, 0.05) is 0 Å². The van der Waals surface area contributed by atoms with E-state index in [1.54, 1.807) is 36.4 Å². The van der Waals surface area contributed by atoms with Gasteiger partial charge in [0.1, 0.15) is 11.3 Å². The monoisotopic (exact) mass is 303 g/mol. The highest BCUT2D eigenvalue weighted by molar-refractivity contribution is 5.72. The Bertz CT molecular complexity index is 780. The Morgan fingerprint density at radius 1 is 1.09 bits per heavy atom. The van der Waals surface area contributed by atoms with E-state index in [0.29, 0.717) is 11.3 Å². The molecule has 3 rings (SSSR count). The third-order valence-electron chi connectivity index (χ3n) is 2.91. The predicted octanol–water partition coefficient (Wildman–Crippen LogP) is 4.67.